The highest BCUT2D eigenvalue weighted by molar-refractivity contribution is 9.09. The zero-order valence-electron chi connectivity index (χ0n) is 7.47. The van der Waals surface area contributed by atoms with Crippen LogP contribution in [-0.2, 0) is 4.74 Å². The van der Waals surface area contributed by atoms with Crippen molar-refractivity contribution in [1.29, 1.82) is 0 Å². The number of rotatable bonds is 4. The third-order valence-electron chi connectivity index (χ3n) is 2.41. The van der Waals surface area contributed by atoms with Crippen LogP contribution in [0.1, 0.15) is 25.7 Å². The van der Waals surface area contributed by atoms with Gasteiger partial charge in [-0.25, -0.2) is 0 Å². The molecule has 0 N–H and O–H groups in total. The van der Waals surface area contributed by atoms with Crippen molar-refractivity contribution in [1.82, 2.24) is 0 Å². The molecule has 1 rings (SSSR count). The lowest BCUT2D eigenvalue weighted by Gasteiger charge is -2.28. The highest BCUT2D eigenvalue weighted by Crippen LogP contribution is 2.24. The van der Waals surface area contributed by atoms with Crippen molar-refractivity contribution in [2.24, 2.45) is 5.92 Å². The highest BCUT2D eigenvalue weighted by atomic mass is 79.9. The van der Waals surface area contributed by atoms with E-state index in [4.69, 9.17) is 4.74 Å². The lowest BCUT2D eigenvalue weighted by Crippen LogP contribution is -2.28. The predicted octanol–water partition coefficient (Wildman–Crippen LogP) is 3.14. The van der Waals surface area contributed by atoms with E-state index in [1.54, 1.807) is 0 Å². The summed E-state index contributed by atoms with van der Waals surface area (Å²) in [6, 6.07) is 0. The fourth-order valence-electron chi connectivity index (χ4n) is 1.67. The normalized spacial score (nSPS) is 26.6. The molecule has 0 aromatic carbocycles. The van der Waals surface area contributed by atoms with E-state index in [-0.39, 0.29) is 0 Å². The number of alkyl halides is 1. The van der Waals surface area contributed by atoms with Crippen LogP contribution in [0.4, 0.5) is 0 Å². The summed E-state index contributed by atoms with van der Waals surface area (Å²) in [7, 11) is 0. The first-order chi connectivity index (χ1) is 5.88. The highest BCUT2D eigenvalue weighted by Gasteiger charge is 2.22. The van der Waals surface area contributed by atoms with Gasteiger partial charge in [0, 0.05) is 11.9 Å². The summed E-state index contributed by atoms with van der Waals surface area (Å²) in [5.41, 5.74) is 0. The van der Waals surface area contributed by atoms with Crippen molar-refractivity contribution in [2.75, 3.05) is 11.9 Å². The van der Waals surface area contributed by atoms with Gasteiger partial charge in [-0.2, -0.15) is 0 Å². The SMILES string of the molecule is C=CCC(CBr)C1CCCCO1. The summed E-state index contributed by atoms with van der Waals surface area (Å²) in [6.07, 6.45) is 7.31. The summed E-state index contributed by atoms with van der Waals surface area (Å²) in [4.78, 5) is 0. The molecule has 1 aliphatic rings. The summed E-state index contributed by atoms with van der Waals surface area (Å²) < 4.78 is 5.71. The third kappa shape index (κ3) is 2.91. The first-order valence-corrected chi connectivity index (χ1v) is 5.79. The van der Waals surface area contributed by atoms with E-state index in [1.807, 2.05) is 6.08 Å². The maximum absolute atomic E-state index is 5.71. The second kappa shape index (κ2) is 5.76. The topological polar surface area (TPSA) is 9.23 Å². The Bertz CT molecular complexity index is 130. The number of hydrogen-bond donors (Lipinski definition) is 0. The maximum Gasteiger partial charge on any atom is 0.0614 e. The zero-order chi connectivity index (χ0) is 8.81. The summed E-state index contributed by atoms with van der Waals surface area (Å²) in [5, 5.41) is 1.03. The molecule has 70 valence electrons. The van der Waals surface area contributed by atoms with Crippen LogP contribution in [0.5, 0.6) is 0 Å². The molecule has 0 aliphatic carbocycles. The molecule has 0 aromatic rings. The number of ether oxygens (including phenoxy) is 1. The van der Waals surface area contributed by atoms with Crippen LogP contribution in [0.3, 0.4) is 0 Å². The molecule has 0 aromatic heterocycles. The van der Waals surface area contributed by atoms with Gasteiger partial charge in [-0.15, -0.1) is 6.58 Å². The number of hydrogen-bond acceptors (Lipinski definition) is 1. The zero-order valence-corrected chi connectivity index (χ0v) is 9.05. The minimum atomic E-state index is 0.469. The van der Waals surface area contributed by atoms with Crippen molar-refractivity contribution in [3.8, 4) is 0 Å². The Morgan fingerprint density at radius 3 is 2.92 bits per heavy atom. The van der Waals surface area contributed by atoms with Crippen molar-refractivity contribution in [3.63, 3.8) is 0 Å². The van der Waals surface area contributed by atoms with Gasteiger partial charge in [0.1, 0.15) is 0 Å². The van der Waals surface area contributed by atoms with E-state index >= 15 is 0 Å². The Kier molecular flexibility index (Phi) is 4.93. The van der Waals surface area contributed by atoms with E-state index in [0.717, 1.165) is 18.4 Å². The van der Waals surface area contributed by atoms with E-state index in [9.17, 15) is 0 Å². The number of allylic oxidation sites excluding steroid dienone is 1. The van der Waals surface area contributed by atoms with Crippen LogP contribution in [0.2, 0.25) is 0 Å². The predicted molar refractivity (Wildman–Crippen MR) is 55.7 cm³/mol. The molecular weight excluding hydrogens is 216 g/mol. The van der Waals surface area contributed by atoms with E-state index < -0.39 is 0 Å². The molecular formula is C10H17BrO. The van der Waals surface area contributed by atoms with Gasteiger partial charge in [0.2, 0.25) is 0 Å². The molecule has 1 aliphatic heterocycles. The van der Waals surface area contributed by atoms with Crippen LogP contribution < -0.4 is 0 Å². The monoisotopic (exact) mass is 232 g/mol. The minimum absolute atomic E-state index is 0.469. The van der Waals surface area contributed by atoms with Gasteiger partial charge in [0.25, 0.3) is 0 Å². The van der Waals surface area contributed by atoms with Gasteiger partial charge in [-0.05, 0) is 31.6 Å². The lowest BCUT2D eigenvalue weighted by atomic mass is 9.95. The van der Waals surface area contributed by atoms with Crippen LogP contribution in [0.15, 0.2) is 12.7 Å². The van der Waals surface area contributed by atoms with Gasteiger partial charge in [0.05, 0.1) is 6.10 Å². The van der Waals surface area contributed by atoms with Crippen LogP contribution in [0, 0.1) is 5.92 Å². The Labute approximate surface area is 83.3 Å². The Hall–Kier alpha value is 0.180. The maximum atomic E-state index is 5.71. The molecule has 1 fully saturated rings. The van der Waals surface area contributed by atoms with Crippen molar-refractivity contribution in [2.45, 2.75) is 31.8 Å². The van der Waals surface area contributed by atoms with Gasteiger partial charge in [-0.1, -0.05) is 22.0 Å². The van der Waals surface area contributed by atoms with E-state index in [2.05, 4.69) is 22.5 Å². The molecule has 1 saturated heterocycles. The molecule has 0 radical (unpaired) electrons. The summed E-state index contributed by atoms with van der Waals surface area (Å²) >= 11 is 3.52. The Morgan fingerprint density at radius 1 is 1.58 bits per heavy atom. The Morgan fingerprint density at radius 2 is 2.42 bits per heavy atom. The largest absolute Gasteiger partial charge is 0.378 e. The third-order valence-corrected chi connectivity index (χ3v) is 3.24. The first kappa shape index (κ1) is 10.3. The molecule has 2 atom stereocenters. The van der Waals surface area contributed by atoms with E-state index in [0.29, 0.717) is 12.0 Å². The summed E-state index contributed by atoms with van der Waals surface area (Å²) in [5.74, 6) is 0.628. The molecule has 12 heavy (non-hydrogen) atoms. The smallest absolute Gasteiger partial charge is 0.0614 e. The molecule has 0 amide bonds. The second-order valence-electron chi connectivity index (χ2n) is 3.34. The molecule has 2 unspecified atom stereocenters. The molecule has 0 saturated carbocycles. The fraction of sp³-hybridized carbons (Fsp3) is 0.800. The van der Waals surface area contributed by atoms with E-state index in [1.165, 1.54) is 19.3 Å². The lowest BCUT2D eigenvalue weighted by molar-refractivity contribution is -0.0138. The number of halogens is 1. The minimum Gasteiger partial charge on any atom is -0.378 e. The van der Waals surface area contributed by atoms with Crippen LogP contribution >= 0.6 is 15.9 Å². The average molecular weight is 233 g/mol. The van der Waals surface area contributed by atoms with Gasteiger partial charge >= 0.3 is 0 Å². The molecule has 1 heterocycles. The fourth-order valence-corrected chi connectivity index (χ4v) is 2.35. The Balaban J connectivity index is 2.34. The van der Waals surface area contributed by atoms with Crippen molar-refractivity contribution in [3.05, 3.63) is 12.7 Å². The molecule has 1 nitrogen and oxygen atoms in total. The van der Waals surface area contributed by atoms with Gasteiger partial charge in [0.15, 0.2) is 0 Å². The summed E-state index contributed by atoms with van der Waals surface area (Å²) in [6.45, 7) is 4.72. The average Bonchev–Trinajstić information content (AvgIpc) is 2.15. The second-order valence-corrected chi connectivity index (χ2v) is 3.99. The standard InChI is InChI=1S/C10H17BrO/c1-2-5-9(8-11)10-6-3-4-7-12-10/h2,9-10H,1,3-8H2. The van der Waals surface area contributed by atoms with Gasteiger partial charge in [-0.3, -0.25) is 0 Å². The van der Waals surface area contributed by atoms with Gasteiger partial charge < -0.3 is 4.74 Å². The van der Waals surface area contributed by atoms with Crippen molar-refractivity contribution >= 4 is 15.9 Å². The molecule has 0 spiro atoms. The first-order valence-electron chi connectivity index (χ1n) is 4.67. The van der Waals surface area contributed by atoms with Crippen molar-refractivity contribution < 1.29 is 4.74 Å². The van der Waals surface area contributed by atoms with Crippen LogP contribution in [0.25, 0.3) is 0 Å². The molecule has 2 heteroatoms. The quantitative estimate of drug-likeness (QED) is 0.535. The van der Waals surface area contributed by atoms with Crippen LogP contribution in [-0.4, -0.2) is 18.0 Å². The molecule has 0 bridgehead atoms.